The molecule has 18 heavy (non-hydrogen) atoms. The Kier molecular flexibility index (Phi) is 4.50. The highest BCUT2D eigenvalue weighted by Gasteiger charge is 2.42. The van der Waals surface area contributed by atoms with Crippen LogP contribution in [-0.4, -0.2) is 22.9 Å². The highest BCUT2D eigenvalue weighted by atomic mass is 16.5. The molecule has 104 valence electrons. The molecule has 1 N–H and O–H groups in total. The Bertz CT molecular complexity index is 310. The van der Waals surface area contributed by atoms with Crippen molar-refractivity contribution < 1.29 is 9.84 Å². The SMILES string of the molecule is CCC1(C)CC(O)(C2=CCCCCCC2)CCO1. The molecule has 1 aliphatic carbocycles. The summed E-state index contributed by atoms with van der Waals surface area (Å²) >= 11 is 0. The molecule has 2 unspecified atom stereocenters. The second-order valence-electron chi connectivity index (χ2n) is 6.29. The molecule has 0 saturated carbocycles. The van der Waals surface area contributed by atoms with E-state index in [-0.39, 0.29) is 5.60 Å². The number of ether oxygens (including phenoxy) is 1. The standard InChI is InChI=1S/C16H28O2/c1-3-15(2)13-16(17,11-12-18-15)14-9-7-5-4-6-8-10-14/h9,17H,3-8,10-13H2,1-2H3. The van der Waals surface area contributed by atoms with E-state index in [1.165, 1.54) is 31.3 Å². The highest BCUT2D eigenvalue weighted by Crippen LogP contribution is 2.41. The van der Waals surface area contributed by atoms with Crippen molar-refractivity contribution in [2.75, 3.05) is 6.61 Å². The van der Waals surface area contributed by atoms with Gasteiger partial charge in [0, 0.05) is 12.8 Å². The summed E-state index contributed by atoms with van der Waals surface area (Å²) in [5.41, 5.74) is 0.557. The molecule has 2 aliphatic rings. The molecule has 1 fully saturated rings. The molecule has 0 spiro atoms. The van der Waals surface area contributed by atoms with E-state index in [4.69, 9.17) is 4.74 Å². The zero-order valence-corrected chi connectivity index (χ0v) is 12.0. The van der Waals surface area contributed by atoms with E-state index in [0.29, 0.717) is 6.61 Å². The zero-order chi connectivity index (χ0) is 13.1. The normalized spacial score (nSPS) is 38.7. The number of hydrogen-bond acceptors (Lipinski definition) is 2. The predicted octanol–water partition coefficient (Wildman–Crippen LogP) is 3.98. The molecule has 0 aromatic rings. The van der Waals surface area contributed by atoms with Crippen LogP contribution in [0.5, 0.6) is 0 Å². The highest BCUT2D eigenvalue weighted by molar-refractivity contribution is 5.20. The van der Waals surface area contributed by atoms with Gasteiger partial charge in [-0.2, -0.15) is 0 Å². The smallest absolute Gasteiger partial charge is 0.0906 e. The van der Waals surface area contributed by atoms with Gasteiger partial charge in [0.1, 0.15) is 0 Å². The minimum absolute atomic E-state index is 0.143. The Morgan fingerprint density at radius 3 is 2.83 bits per heavy atom. The van der Waals surface area contributed by atoms with Gasteiger partial charge >= 0.3 is 0 Å². The van der Waals surface area contributed by atoms with Crippen molar-refractivity contribution in [2.24, 2.45) is 0 Å². The Hall–Kier alpha value is -0.340. The Labute approximate surface area is 111 Å². The van der Waals surface area contributed by atoms with Crippen molar-refractivity contribution in [1.29, 1.82) is 0 Å². The molecule has 0 radical (unpaired) electrons. The van der Waals surface area contributed by atoms with Gasteiger partial charge in [-0.25, -0.2) is 0 Å². The molecule has 2 nitrogen and oxygen atoms in total. The van der Waals surface area contributed by atoms with Crippen LogP contribution in [-0.2, 0) is 4.74 Å². The van der Waals surface area contributed by atoms with E-state index < -0.39 is 5.60 Å². The van der Waals surface area contributed by atoms with E-state index in [1.807, 2.05) is 0 Å². The lowest BCUT2D eigenvalue weighted by molar-refractivity contribution is -0.140. The molecular formula is C16H28O2. The van der Waals surface area contributed by atoms with E-state index in [2.05, 4.69) is 19.9 Å². The Balaban J connectivity index is 2.13. The van der Waals surface area contributed by atoms with Crippen LogP contribution in [0.2, 0.25) is 0 Å². The third-order valence-electron chi connectivity index (χ3n) is 4.77. The number of aliphatic hydroxyl groups is 1. The fourth-order valence-electron chi connectivity index (χ4n) is 3.34. The van der Waals surface area contributed by atoms with Gasteiger partial charge in [0.05, 0.1) is 17.8 Å². The van der Waals surface area contributed by atoms with E-state index in [1.54, 1.807) is 0 Å². The van der Waals surface area contributed by atoms with Gasteiger partial charge in [0.25, 0.3) is 0 Å². The van der Waals surface area contributed by atoms with E-state index >= 15 is 0 Å². The summed E-state index contributed by atoms with van der Waals surface area (Å²) in [6, 6.07) is 0. The van der Waals surface area contributed by atoms with Crippen LogP contribution < -0.4 is 0 Å². The van der Waals surface area contributed by atoms with Crippen molar-refractivity contribution in [3.8, 4) is 0 Å². The first-order valence-corrected chi connectivity index (χ1v) is 7.64. The molecule has 1 aliphatic heterocycles. The quantitative estimate of drug-likeness (QED) is 0.753. The van der Waals surface area contributed by atoms with Gasteiger partial charge in [-0.05, 0) is 44.6 Å². The summed E-state index contributed by atoms with van der Waals surface area (Å²) in [4.78, 5) is 0. The Morgan fingerprint density at radius 1 is 1.28 bits per heavy atom. The molecule has 0 aromatic heterocycles. The maximum absolute atomic E-state index is 11.0. The second kappa shape index (κ2) is 5.75. The average molecular weight is 252 g/mol. The lowest BCUT2D eigenvalue weighted by Gasteiger charge is -2.44. The van der Waals surface area contributed by atoms with Crippen molar-refractivity contribution in [3.63, 3.8) is 0 Å². The summed E-state index contributed by atoms with van der Waals surface area (Å²) in [5.74, 6) is 0. The van der Waals surface area contributed by atoms with Gasteiger partial charge in [-0.15, -0.1) is 0 Å². The molecule has 2 heteroatoms. The van der Waals surface area contributed by atoms with Crippen LogP contribution in [0.3, 0.4) is 0 Å². The molecule has 0 bridgehead atoms. The van der Waals surface area contributed by atoms with Crippen LogP contribution >= 0.6 is 0 Å². The van der Waals surface area contributed by atoms with Crippen LogP contribution in [0.1, 0.15) is 71.6 Å². The van der Waals surface area contributed by atoms with Gasteiger partial charge in [-0.3, -0.25) is 0 Å². The first-order chi connectivity index (χ1) is 8.58. The first kappa shape index (κ1) is 14.1. The minimum Gasteiger partial charge on any atom is -0.385 e. The fraction of sp³-hybridized carbons (Fsp3) is 0.875. The van der Waals surface area contributed by atoms with Gasteiger partial charge in [-0.1, -0.05) is 25.8 Å². The van der Waals surface area contributed by atoms with Crippen molar-refractivity contribution >= 4 is 0 Å². The van der Waals surface area contributed by atoms with Crippen LogP contribution in [0.25, 0.3) is 0 Å². The largest absolute Gasteiger partial charge is 0.385 e. The topological polar surface area (TPSA) is 29.5 Å². The van der Waals surface area contributed by atoms with Gasteiger partial charge in [0.2, 0.25) is 0 Å². The van der Waals surface area contributed by atoms with E-state index in [9.17, 15) is 5.11 Å². The average Bonchev–Trinajstić information content (AvgIpc) is 2.27. The first-order valence-electron chi connectivity index (χ1n) is 7.64. The predicted molar refractivity (Wildman–Crippen MR) is 74.6 cm³/mol. The van der Waals surface area contributed by atoms with Gasteiger partial charge < -0.3 is 9.84 Å². The molecule has 2 atom stereocenters. The lowest BCUT2D eigenvalue weighted by Crippen LogP contribution is -2.48. The lowest BCUT2D eigenvalue weighted by atomic mass is 9.75. The van der Waals surface area contributed by atoms with Crippen molar-refractivity contribution in [3.05, 3.63) is 11.6 Å². The monoisotopic (exact) mass is 252 g/mol. The summed E-state index contributed by atoms with van der Waals surface area (Å²) in [6.45, 7) is 4.98. The number of allylic oxidation sites excluding steroid dienone is 1. The summed E-state index contributed by atoms with van der Waals surface area (Å²) in [5, 5.41) is 11.0. The van der Waals surface area contributed by atoms with E-state index in [0.717, 1.165) is 32.1 Å². The molecule has 1 heterocycles. The second-order valence-corrected chi connectivity index (χ2v) is 6.29. The molecular weight excluding hydrogens is 224 g/mol. The third kappa shape index (κ3) is 3.16. The summed E-state index contributed by atoms with van der Waals surface area (Å²) in [7, 11) is 0. The van der Waals surface area contributed by atoms with Gasteiger partial charge in [0.15, 0.2) is 0 Å². The zero-order valence-electron chi connectivity index (χ0n) is 12.0. The maximum atomic E-state index is 11.0. The van der Waals surface area contributed by atoms with Crippen LogP contribution in [0, 0.1) is 0 Å². The summed E-state index contributed by atoms with van der Waals surface area (Å²) < 4.78 is 5.87. The maximum Gasteiger partial charge on any atom is 0.0906 e. The van der Waals surface area contributed by atoms with Crippen LogP contribution in [0.4, 0.5) is 0 Å². The van der Waals surface area contributed by atoms with Crippen molar-refractivity contribution in [1.82, 2.24) is 0 Å². The number of hydrogen-bond donors (Lipinski definition) is 1. The minimum atomic E-state index is -0.597. The molecule has 2 rings (SSSR count). The number of rotatable bonds is 2. The van der Waals surface area contributed by atoms with Crippen LogP contribution in [0.15, 0.2) is 11.6 Å². The fourth-order valence-corrected chi connectivity index (χ4v) is 3.34. The molecule has 0 aromatic carbocycles. The summed E-state index contributed by atoms with van der Waals surface area (Å²) in [6.07, 6.45) is 12.2. The molecule has 0 amide bonds. The Morgan fingerprint density at radius 2 is 2.06 bits per heavy atom. The molecule has 1 saturated heterocycles. The van der Waals surface area contributed by atoms with Crippen molar-refractivity contribution in [2.45, 2.75) is 82.8 Å². The third-order valence-corrected chi connectivity index (χ3v) is 4.77.